The van der Waals surface area contributed by atoms with Gasteiger partial charge in [0.25, 0.3) is 5.69 Å². The Balaban J connectivity index is 2.01. The lowest BCUT2D eigenvalue weighted by molar-refractivity contribution is -0.384. The predicted molar refractivity (Wildman–Crippen MR) is 100 cm³/mol. The molecule has 0 heterocycles. The van der Waals surface area contributed by atoms with Crippen molar-refractivity contribution in [3.8, 4) is 0 Å². The minimum Gasteiger partial charge on any atom is -0.481 e. The molecule has 2 aromatic carbocycles. The smallest absolute Gasteiger partial charge is 0.315 e. The molecule has 27 heavy (non-hydrogen) atoms. The summed E-state index contributed by atoms with van der Waals surface area (Å²) < 4.78 is 0. The molecular formula is C20H22N2O5. The zero-order valence-electron chi connectivity index (χ0n) is 15.1. The van der Waals surface area contributed by atoms with Crippen molar-refractivity contribution in [1.29, 1.82) is 0 Å². The highest BCUT2D eigenvalue weighted by Crippen LogP contribution is 2.28. The van der Waals surface area contributed by atoms with E-state index in [1.807, 2.05) is 6.07 Å². The number of aryl methyl sites for hydroxylation is 1. The number of nitro groups is 1. The maximum absolute atomic E-state index is 12.2. The molecule has 0 radical (unpaired) electrons. The first-order chi connectivity index (χ1) is 12.9. The number of non-ortho nitro benzene ring substituents is 1. The summed E-state index contributed by atoms with van der Waals surface area (Å²) in [7, 11) is 0. The van der Waals surface area contributed by atoms with E-state index in [4.69, 9.17) is 0 Å². The van der Waals surface area contributed by atoms with E-state index < -0.39 is 16.3 Å². The molecule has 0 aromatic heterocycles. The van der Waals surface area contributed by atoms with E-state index in [9.17, 15) is 24.8 Å². The van der Waals surface area contributed by atoms with Crippen LogP contribution in [0.1, 0.15) is 30.9 Å². The Hall–Kier alpha value is -3.22. The molecule has 0 spiro atoms. The Labute approximate surface area is 157 Å². The predicted octanol–water partition coefficient (Wildman–Crippen LogP) is 3.08. The molecule has 2 N–H and O–H groups in total. The Kier molecular flexibility index (Phi) is 6.65. The lowest BCUT2D eigenvalue weighted by atomic mass is 9.78. The van der Waals surface area contributed by atoms with Crippen LogP contribution in [0.5, 0.6) is 0 Å². The van der Waals surface area contributed by atoms with Gasteiger partial charge in [0, 0.05) is 25.1 Å². The standard InChI is InChI=1S/C20H22N2O5/c1-2-20(19(24)25,16-8-4-3-5-9-16)14-21-18(23)12-11-15-7-6-10-17(13-15)22(26)27/h3-10,13H,2,11-12,14H2,1H3,(H,21,23)(H,24,25). The van der Waals surface area contributed by atoms with Gasteiger partial charge in [-0.2, -0.15) is 0 Å². The van der Waals surface area contributed by atoms with Crippen LogP contribution in [-0.4, -0.2) is 28.5 Å². The molecule has 1 amide bonds. The minimum atomic E-state index is -1.19. The number of hydrogen-bond donors (Lipinski definition) is 2. The van der Waals surface area contributed by atoms with Crippen molar-refractivity contribution >= 4 is 17.6 Å². The largest absolute Gasteiger partial charge is 0.481 e. The number of rotatable bonds is 9. The van der Waals surface area contributed by atoms with Crippen LogP contribution in [0.4, 0.5) is 5.69 Å². The number of hydrogen-bond acceptors (Lipinski definition) is 4. The second-order valence-corrected chi connectivity index (χ2v) is 6.31. The average Bonchev–Trinajstić information content (AvgIpc) is 2.68. The van der Waals surface area contributed by atoms with Gasteiger partial charge in [0.05, 0.1) is 4.92 Å². The lowest BCUT2D eigenvalue weighted by Gasteiger charge is -2.29. The first-order valence-corrected chi connectivity index (χ1v) is 8.68. The summed E-state index contributed by atoms with van der Waals surface area (Å²) in [6, 6.07) is 15.0. The van der Waals surface area contributed by atoms with Crippen LogP contribution in [0, 0.1) is 10.1 Å². The van der Waals surface area contributed by atoms with Gasteiger partial charge in [0.15, 0.2) is 0 Å². The minimum absolute atomic E-state index is 0.0172. The fraction of sp³-hybridized carbons (Fsp3) is 0.300. The molecule has 0 aliphatic heterocycles. The van der Waals surface area contributed by atoms with Gasteiger partial charge in [-0.05, 0) is 24.0 Å². The molecular weight excluding hydrogens is 348 g/mol. The van der Waals surface area contributed by atoms with Gasteiger partial charge in [0.2, 0.25) is 5.91 Å². The van der Waals surface area contributed by atoms with Crippen molar-refractivity contribution in [2.75, 3.05) is 6.54 Å². The molecule has 2 aromatic rings. The number of nitrogens with one attached hydrogen (secondary N) is 1. The fourth-order valence-electron chi connectivity index (χ4n) is 2.96. The number of aliphatic carboxylic acids is 1. The van der Waals surface area contributed by atoms with Crippen LogP contribution in [0.25, 0.3) is 0 Å². The molecule has 142 valence electrons. The van der Waals surface area contributed by atoms with Gasteiger partial charge in [0.1, 0.15) is 5.41 Å². The van der Waals surface area contributed by atoms with E-state index in [2.05, 4.69) is 5.32 Å². The van der Waals surface area contributed by atoms with Crippen LogP contribution < -0.4 is 5.32 Å². The quantitative estimate of drug-likeness (QED) is 0.521. The van der Waals surface area contributed by atoms with Gasteiger partial charge < -0.3 is 10.4 Å². The van der Waals surface area contributed by atoms with E-state index in [0.29, 0.717) is 24.0 Å². The number of carboxylic acid groups (broad SMARTS) is 1. The van der Waals surface area contributed by atoms with Crippen molar-refractivity contribution in [3.05, 3.63) is 75.8 Å². The molecule has 0 aliphatic carbocycles. The summed E-state index contributed by atoms with van der Waals surface area (Å²) in [5, 5.41) is 23.3. The van der Waals surface area contributed by atoms with Gasteiger partial charge in [-0.25, -0.2) is 0 Å². The third-order valence-corrected chi connectivity index (χ3v) is 4.69. The SMILES string of the molecule is CCC(CNC(=O)CCc1cccc([N+](=O)[O-])c1)(C(=O)O)c1ccccc1. The summed E-state index contributed by atoms with van der Waals surface area (Å²) in [6.45, 7) is 1.76. The second-order valence-electron chi connectivity index (χ2n) is 6.31. The molecule has 0 saturated heterocycles. The number of nitro benzene ring substituents is 1. The van der Waals surface area contributed by atoms with Gasteiger partial charge >= 0.3 is 5.97 Å². The van der Waals surface area contributed by atoms with Crippen molar-refractivity contribution in [3.63, 3.8) is 0 Å². The van der Waals surface area contributed by atoms with Crippen molar-refractivity contribution in [1.82, 2.24) is 5.32 Å². The Bertz CT molecular complexity index is 822. The molecule has 0 bridgehead atoms. The zero-order valence-corrected chi connectivity index (χ0v) is 15.1. The molecule has 0 fully saturated rings. The van der Waals surface area contributed by atoms with Crippen molar-refractivity contribution < 1.29 is 19.6 Å². The Morgan fingerprint density at radius 3 is 2.44 bits per heavy atom. The third kappa shape index (κ3) is 4.91. The van der Waals surface area contributed by atoms with E-state index >= 15 is 0 Å². The molecule has 1 atom stereocenters. The van der Waals surface area contributed by atoms with E-state index in [1.54, 1.807) is 43.3 Å². The van der Waals surface area contributed by atoms with Crippen molar-refractivity contribution in [2.45, 2.75) is 31.6 Å². The number of nitrogens with zero attached hydrogens (tertiary/aromatic N) is 1. The molecule has 0 aliphatic rings. The zero-order chi connectivity index (χ0) is 19.9. The van der Waals surface area contributed by atoms with Crippen LogP contribution in [0.3, 0.4) is 0 Å². The van der Waals surface area contributed by atoms with Crippen molar-refractivity contribution in [2.24, 2.45) is 0 Å². The summed E-state index contributed by atoms with van der Waals surface area (Å²) in [6.07, 6.45) is 0.790. The summed E-state index contributed by atoms with van der Waals surface area (Å²) in [4.78, 5) is 34.5. The Morgan fingerprint density at radius 2 is 1.85 bits per heavy atom. The summed E-state index contributed by atoms with van der Waals surface area (Å²) in [5.74, 6) is -1.29. The number of carbonyl (C=O) groups is 2. The highest BCUT2D eigenvalue weighted by molar-refractivity contribution is 5.83. The van der Waals surface area contributed by atoms with Crippen LogP contribution in [-0.2, 0) is 21.4 Å². The van der Waals surface area contributed by atoms with Gasteiger partial charge in [-0.1, -0.05) is 49.4 Å². The normalized spacial score (nSPS) is 12.8. The van der Waals surface area contributed by atoms with Crippen LogP contribution in [0.15, 0.2) is 54.6 Å². The topological polar surface area (TPSA) is 110 Å². The number of carboxylic acids is 1. The summed E-state index contributed by atoms with van der Waals surface area (Å²) in [5.41, 5.74) is 0.108. The monoisotopic (exact) mass is 370 g/mol. The molecule has 7 heteroatoms. The highest BCUT2D eigenvalue weighted by atomic mass is 16.6. The number of benzene rings is 2. The summed E-state index contributed by atoms with van der Waals surface area (Å²) >= 11 is 0. The molecule has 0 saturated carbocycles. The van der Waals surface area contributed by atoms with E-state index in [1.165, 1.54) is 12.1 Å². The van der Waals surface area contributed by atoms with Crippen LogP contribution in [0.2, 0.25) is 0 Å². The lowest BCUT2D eigenvalue weighted by Crippen LogP contribution is -2.46. The molecule has 7 nitrogen and oxygen atoms in total. The molecule has 2 rings (SSSR count). The maximum atomic E-state index is 12.2. The number of carbonyl (C=O) groups excluding carboxylic acids is 1. The third-order valence-electron chi connectivity index (χ3n) is 4.69. The molecule has 1 unspecified atom stereocenters. The fourth-order valence-corrected chi connectivity index (χ4v) is 2.96. The number of amides is 1. The average molecular weight is 370 g/mol. The van der Waals surface area contributed by atoms with Gasteiger partial charge in [-0.3, -0.25) is 19.7 Å². The van der Waals surface area contributed by atoms with E-state index in [-0.39, 0.29) is 24.6 Å². The van der Waals surface area contributed by atoms with Crippen LogP contribution >= 0.6 is 0 Å². The van der Waals surface area contributed by atoms with E-state index in [0.717, 1.165) is 0 Å². The Morgan fingerprint density at radius 1 is 1.15 bits per heavy atom. The maximum Gasteiger partial charge on any atom is 0.315 e. The first kappa shape index (κ1) is 20.1. The second kappa shape index (κ2) is 8.93. The first-order valence-electron chi connectivity index (χ1n) is 8.68. The van der Waals surface area contributed by atoms with Gasteiger partial charge in [-0.15, -0.1) is 0 Å². The highest BCUT2D eigenvalue weighted by Gasteiger charge is 2.38.